The molecule has 2 atom stereocenters. The number of fused-ring (bicyclic) bond motifs is 1. The molecule has 5 aromatic carbocycles. The van der Waals surface area contributed by atoms with Gasteiger partial charge in [-0.3, -0.25) is 0 Å². The second kappa shape index (κ2) is 11.9. The summed E-state index contributed by atoms with van der Waals surface area (Å²) in [4.78, 5) is 0. The number of aromatic nitrogens is 3. The number of para-hydroxylation sites is 1. The standard InChI is InChI=1S/C38H31N3O2/c1-29(37(42,32-19-10-4-11-20-32)27-25-30-15-6-2-7-16-30)41-36-34(23-14-24-35(36)39-40-41)38(43,33-21-12-5-13-22-33)28-26-31-17-8-3-9-18-31/h2-28,42-43H,1H2/b27-25+,28-26+. The van der Waals surface area contributed by atoms with Gasteiger partial charge in [-0.1, -0.05) is 157 Å². The second-order valence-electron chi connectivity index (χ2n) is 10.4. The first kappa shape index (κ1) is 27.8. The van der Waals surface area contributed by atoms with Crippen molar-refractivity contribution in [3.63, 3.8) is 0 Å². The van der Waals surface area contributed by atoms with E-state index in [0.717, 1.165) is 11.1 Å². The third kappa shape index (κ3) is 5.47. The normalized spacial score (nSPS) is 14.6. The van der Waals surface area contributed by atoms with Crippen molar-refractivity contribution in [1.29, 1.82) is 0 Å². The first-order valence-electron chi connectivity index (χ1n) is 14.1. The van der Waals surface area contributed by atoms with Crippen LogP contribution in [-0.2, 0) is 11.2 Å². The van der Waals surface area contributed by atoms with E-state index in [2.05, 4.69) is 16.9 Å². The Bertz CT molecular complexity index is 1900. The van der Waals surface area contributed by atoms with Crippen molar-refractivity contribution < 1.29 is 10.2 Å². The van der Waals surface area contributed by atoms with Gasteiger partial charge < -0.3 is 10.2 Å². The molecule has 0 spiro atoms. The van der Waals surface area contributed by atoms with Crippen molar-refractivity contribution in [2.75, 3.05) is 0 Å². The van der Waals surface area contributed by atoms with Gasteiger partial charge in [0.2, 0.25) is 0 Å². The summed E-state index contributed by atoms with van der Waals surface area (Å²) in [6, 6.07) is 44.0. The average molecular weight is 562 g/mol. The molecule has 0 aliphatic heterocycles. The lowest BCUT2D eigenvalue weighted by Crippen LogP contribution is -2.30. The Morgan fingerprint density at radius 2 is 1.12 bits per heavy atom. The molecule has 0 aliphatic carbocycles. The number of rotatable bonds is 9. The fourth-order valence-corrected chi connectivity index (χ4v) is 5.28. The van der Waals surface area contributed by atoms with E-state index in [1.807, 2.05) is 152 Å². The summed E-state index contributed by atoms with van der Waals surface area (Å²) >= 11 is 0. The van der Waals surface area contributed by atoms with Crippen LogP contribution in [0.15, 0.2) is 158 Å². The van der Waals surface area contributed by atoms with E-state index >= 15 is 0 Å². The highest BCUT2D eigenvalue weighted by atomic mass is 16.3. The Labute approximate surface area is 251 Å². The molecule has 1 aromatic heterocycles. The van der Waals surface area contributed by atoms with Crippen molar-refractivity contribution in [3.05, 3.63) is 186 Å². The molecule has 0 saturated carbocycles. The largest absolute Gasteiger partial charge is 0.377 e. The summed E-state index contributed by atoms with van der Waals surface area (Å²) in [6.07, 6.45) is 7.26. The number of hydrogen-bond donors (Lipinski definition) is 2. The van der Waals surface area contributed by atoms with Gasteiger partial charge in [-0.15, -0.1) is 5.10 Å². The molecule has 0 saturated heterocycles. The average Bonchev–Trinajstić information content (AvgIpc) is 3.52. The molecule has 5 heteroatoms. The lowest BCUT2D eigenvalue weighted by atomic mass is 9.84. The molecule has 6 aromatic rings. The molecule has 1 heterocycles. The first-order chi connectivity index (χ1) is 21.0. The lowest BCUT2D eigenvalue weighted by molar-refractivity contribution is 0.136. The maximum atomic E-state index is 12.5. The molecule has 43 heavy (non-hydrogen) atoms. The molecule has 6 rings (SSSR count). The van der Waals surface area contributed by atoms with Crippen LogP contribution in [-0.4, -0.2) is 25.2 Å². The predicted molar refractivity (Wildman–Crippen MR) is 174 cm³/mol. The molecule has 0 amide bonds. The van der Waals surface area contributed by atoms with Gasteiger partial charge >= 0.3 is 0 Å². The Morgan fingerprint density at radius 1 is 0.605 bits per heavy atom. The summed E-state index contributed by atoms with van der Waals surface area (Å²) in [7, 11) is 0. The minimum atomic E-state index is -1.64. The maximum absolute atomic E-state index is 12.5. The van der Waals surface area contributed by atoms with Crippen molar-refractivity contribution in [1.82, 2.24) is 15.0 Å². The summed E-state index contributed by atoms with van der Waals surface area (Å²) < 4.78 is 1.54. The third-order valence-corrected chi connectivity index (χ3v) is 7.64. The number of nitrogens with zero attached hydrogens (tertiary/aromatic N) is 3. The highest BCUT2D eigenvalue weighted by Gasteiger charge is 2.36. The van der Waals surface area contributed by atoms with E-state index in [0.29, 0.717) is 27.7 Å². The van der Waals surface area contributed by atoms with Gasteiger partial charge in [-0.2, -0.15) is 0 Å². The van der Waals surface area contributed by atoms with Crippen LogP contribution in [0.1, 0.15) is 27.8 Å². The Kier molecular flexibility index (Phi) is 7.67. The quantitative estimate of drug-likeness (QED) is 0.192. The van der Waals surface area contributed by atoms with Crippen molar-refractivity contribution in [2.45, 2.75) is 11.2 Å². The van der Waals surface area contributed by atoms with E-state index in [4.69, 9.17) is 0 Å². The fourth-order valence-electron chi connectivity index (χ4n) is 5.28. The zero-order valence-electron chi connectivity index (χ0n) is 23.5. The van der Waals surface area contributed by atoms with Gasteiger partial charge in [0.05, 0.1) is 5.70 Å². The Balaban J connectivity index is 1.54. The van der Waals surface area contributed by atoms with E-state index in [-0.39, 0.29) is 5.70 Å². The van der Waals surface area contributed by atoms with Gasteiger partial charge in [-0.25, -0.2) is 4.68 Å². The summed E-state index contributed by atoms with van der Waals surface area (Å²) in [5.41, 5.74) is 1.90. The second-order valence-corrected chi connectivity index (χ2v) is 10.4. The predicted octanol–water partition coefficient (Wildman–Crippen LogP) is 7.45. The molecule has 0 aliphatic rings. The molecular formula is C38H31N3O2. The van der Waals surface area contributed by atoms with E-state index in [1.54, 1.807) is 12.2 Å². The Hall–Kier alpha value is -5.36. The number of aliphatic hydroxyl groups is 2. The van der Waals surface area contributed by atoms with Crippen LogP contribution in [0.4, 0.5) is 0 Å². The van der Waals surface area contributed by atoms with Crippen LogP contribution in [0.5, 0.6) is 0 Å². The molecule has 0 radical (unpaired) electrons. The molecule has 5 nitrogen and oxygen atoms in total. The van der Waals surface area contributed by atoms with Crippen molar-refractivity contribution in [2.24, 2.45) is 0 Å². The number of hydrogen-bond acceptors (Lipinski definition) is 4. The maximum Gasteiger partial charge on any atom is 0.150 e. The minimum absolute atomic E-state index is 0.267. The van der Waals surface area contributed by atoms with Gasteiger partial charge in [-0.05, 0) is 40.5 Å². The van der Waals surface area contributed by atoms with Gasteiger partial charge in [0.15, 0.2) is 0 Å². The topological polar surface area (TPSA) is 71.2 Å². The molecule has 210 valence electrons. The highest BCUT2D eigenvalue weighted by Crippen LogP contribution is 2.40. The van der Waals surface area contributed by atoms with E-state index in [1.165, 1.54) is 4.68 Å². The SMILES string of the molecule is C=C(n1nnc2cccc(C(O)(/C=C/c3ccccc3)c3ccccc3)c21)C(O)(/C=C/c1ccccc1)c1ccccc1. The smallest absolute Gasteiger partial charge is 0.150 e. The minimum Gasteiger partial charge on any atom is -0.377 e. The summed E-state index contributed by atoms with van der Waals surface area (Å²) in [6.45, 7) is 4.36. The zero-order chi connectivity index (χ0) is 29.7. The third-order valence-electron chi connectivity index (χ3n) is 7.64. The van der Waals surface area contributed by atoms with Crippen LogP contribution in [0, 0.1) is 0 Å². The van der Waals surface area contributed by atoms with Crippen LogP contribution in [0.25, 0.3) is 28.9 Å². The first-order valence-corrected chi connectivity index (χ1v) is 14.1. The van der Waals surface area contributed by atoms with Crippen LogP contribution in [0.2, 0.25) is 0 Å². The molecule has 2 unspecified atom stereocenters. The molecule has 2 N–H and O–H groups in total. The zero-order valence-corrected chi connectivity index (χ0v) is 23.5. The van der Waals surface area contributed by atoms with Crippen LogP contribution < -0.4 is 0 Å². The lowest BCUT2D eigenvalue weighted by Gasteiger charge is -2.30. The van der Waals surface area contributed by atoms with Crippen LogP contribution >= 0.6 is 0 Å². The summed E-state index contributed by atoms with van der Waals surface area (Å²) in [5, 5.41) is 33.8. The van der Waals surface area contributed by atoms with E-state index < -0.39 is 11.2 Å². The van der Waals surface area contributed by atoms with Gasteiger partial charge in [0.25, 0.3) is 0 Å². The van der Waals surface area contributed by atoms with Gasteiger partial charge in [0.1, 0.15) is 22.2 Å². The van der Waals surface area contributed by atoms with Crippen LogP contribution in [0.3, 0.4) is 0 Å². The molecule has 0 fully saturated rings. The summed E-state index contributed by atoms with van der Waals surface area (Å²) in [5.74, 6) is 0. The van der Waals surface area contributed by atoms with Gasteiger partial charge in [0, 0.05) is 5.56 Å². The van der Waals surface area contributed by atoms with Crippen molar-refractivity contribution >= 4 is 28.9 Å². The molecular weight excluding hydrogens is 530 g/mol. The monoisotopic (exact) mass is 561 g/mol. The fraction of sp³-hybridized carbons (Fsp3) is 0.0526. The van der Waals surface area contributed by atoms with Crippen molar-refractivity contribution in [3.8, 4) is 0 Å². The molecule has 0 bridgehead atoms. The Morgan fingerprint density at radius 3 is 1.70 bits per heavy atom. The number of benzene rings is 5. The highest BCUT2D eigenvalue weighted by molar-refractivity contribution is 5.85. The van der Waals surface area contributed by atoms with E-state index in [9.17, 15) is 10.2 Å².